The highest BCUT2D eigenvalue weighted by Crippen LogP contribution is 2.28. The van der Waals surface area contributed by atoms with E-state index >= 15 is 0 Å². The number of halogens is 1. The number of alkyl halides is 1. The predicted molar refractivity (Wildman–Crippen MR) is 50.3 cm³/mol. The molecule has 0 fully saturated rings. The lowest BCUT2D eigenvalue weighted by Gasteiger charge is -2.14. The zero-order valence-electron chi connectivity index (χ0n) is 7.12. The molecular formula is C10H8ClNO. The fourth-order valence-electron chi connectivity index (χ4n) is 1.01. The zero-order valence-corrected chi connectivity index (χ0v) is 7.88. The molecule has 1 atom stereocenters. The molecule has 1 rings (SSSR count). The molecule has 0 N–H and O–H groups in total. The van der Waals surface area contributed by atoms with Gasteiger partial charge < -0.3 is 0 Å². The van der Waals surface area contributed by atoms with Crippen molar-refractivity contribution in [3.8, 4) is 6.07 Å². The minimum absolute atomic E-state index is 0.358. The van der Waals surface area contributed by atoms with Crippen LogP contribution in [-0.2, 0) is 9.67 Å². The first-order chi connectivity index (χ1) is 6.11. The Morgan fingerprint density at radius 1 is 1.46 bits per heavy atom. The van der Waals surface area contributed by atoms with Crippen molar-refractivity contribution in [3.63, 3.8) is 0 Å². The summed E-state index contributed by atoms with van der Waals surface area (Å²) in [4.78, 5) is 9.62. The Labute approximate surface area is 81.7 Å². The number of ketones is 1. The van der Waals surface area contributed by atoms with Gasteiger partial charge in [0.15, 0.2) is 5.78 Å². The number of carbonyl (C=O) groups is 1. The van der Waals surface area contributed by atoms with E-state index in [1.807, 2.05) is 6.07 Å². The van der Waals surface area contributed by atoms with Gasteiger partial charge in [0.2, 0.25) is 4.87 Å². The van der Waals surface area contributed by atoms with Gasteiger partial charge in [0.25, 0.3) is 0 Å². The molecule has 0 saturated heterocycles. The third-order valence-corrected chi connectivity index (χ3v) is 2.38. The largest absolute Gasteiger partial charge is 0.296 e. The average Bonchev–Trinajstić information content (AvgIpc) is 2.17. The van der Waals surface area contributed by atoms with Crippen LogP contribution in [0.25, 0.3) is 0 Å². The van der Waals surface area contributed by atoms with E-state index in [-0.39, 0.29) is 5.78 Å². The van der Waals surface area contributed by atoms with Crippen LogP contribution in [-0.4, -0.2) is 5.78 Å². The van der Waals surface area contributed by atoms with Crippen LogP contribution in [0.2, 0.25) is 0 Å². The predicted octanol–water partition coefficient (Wildman–Crippen LogP) is 2.23. The smallest absolute Gasteiger partial charge is 0.213 e. The molecule has 0 unspecified atom stereocenters. The third kappa shape index (κ3) is 1.71. The van der Waals surface area contributed by atoms with Gasteiger partial charge in [-0.2, -0.15) is 5.26 Å². The van der Waals surface area contributed by atoms with E-state index in [0.717, 1.165) is 0 Å². The van der Waals surface area contributed by atoms with E-state index in [1.165, 1.54) is 6.92 Å². The first-order valence-electron chi connectivity index (χ1n) is 3.78. The molecule has 13 heavy (non-hydrogen) atoms. The quantitative estimate of drug-likeness (QED) is 0.676. The maximum absolute atomic E-state index is 11.1. The number of hydrogen-bond donors (Lipinski definition) is 0. The van der Waals surface area contributed by atoms with Gasteiger partial charge in [0.1, 0.15) is 0 Å². The summed E-state index contributed by atoms with van der Waals surface area (Å²) in [5, 5.41) is 8.81. The Morgan fingerprint density at radius 3 is 2.38 bits per heavy atom. The van der Waals surface area contributed by atoms with Crippen LogP contribution in [0.1, 0.15) is 12.5 Å². The molecule has 0 saturated carbocycles. The van der Waals surface area contributed by atoms with Crippen LogP contribution < -0.4 is 0 Å². The van der Waals surface area contributed by atoms with Gasteiger partial charge in [0, 0.05) is 0 Å². The summed E-state index contributed by atoms with van der Waals surface area (Å²) < 4.78 is 0. The van der Waals surface area contributed by atoms with Crippen LogP contribution in [0.5, 0.6) is 0 Å². The molecule has 2 nitrogen and oxygen atoms in total. The minimum atomic E-state index is -1.53. The maximum Gasteiger partial charge on any atom is 0.213 e. The molecule has 66 valence electrons. The zero-order chi connectivity index (χ0) is 9.90. The molecule has 0 spiro atoms. The van der Waals surface area contributed by atoms with E-state index in [2.05, 4.69) is 0 Å². The van der Waals surface area contributed by atoms with Gasteiger partial charge >= 0.3 is 0 Å². The highest BCUT2D eigenvalue weighted by atomic mass is 35.5. The molecule has 3 heteroatoms. The number of benzene rings is 1. The van der Waals surface area contributed by atoms with Gasteiger partial charge in [-0.05, 0) is 12.5 Å². The summed E-state index contributed by atoms with van der Waals surface area (Å²) in [5.41, 5.74) is 0.520. The first-order valence-corrected chi connectivity index (χ1v) is 4.16. The SMILES string of the molecule is CC(=O)[C@@](Cl)(C#N)c1ccccc1. The maximum atomic E-state index is 11.1. The van der Waals surface area contributed by atoms with Crippen molar-refractivity contribution >= 4 is 17.4 Å². The first kappa shape index (κ1) is 9.76. The molecule has 1 aromatic carbocycles. The fraction of sp³-hybridized carbons (Fsp3) is 0.200. The lowest BCUT2D eigenvalue weighted by molar-refractivity contribution is -0.118. The summed E-state index contributed by atoms with van der Waals surface area (Å²) in [7, 11) is 0. The van der Waals surface area contributed by atoms with E-state index in [1.54, 1.807) is 30.3 Å². The van der Waals surface area contributed by atoms with E-state index in [0.29, 0.717) is 5.56 Å². The second-order valence-electron chi connectivity index (χ2n) is 2.69. The van der Waals surface area contributed by atoms with Gasteiger partial charge in [-0.25, -0.2) is 0 Å². The molecule has 0 bridgehead atoms. The van der Waals surface area contributed by atoms with Gasteiger partial charge in [-0.3, -0.25) is 4.79 Å². The minimum Gasteiger partial charge on any atom is -0.296 e. The average molecular weight is 194 g/mol. The molecule has 0 radical (unpaired) electrons. The van der Waals surface area contributed by atoms with Crippen molar-refractivity contribution in [2.75, 3.05) is 0 Å². The summed E-state index contributed by atoms with van der Waals surface area (Å²) in [6.45, 7) is 1.31. The third-order valence-electron chi connectivity index (χ3n) is 1.81. The van der Waals surface area contributed by atoms with Gasteiger partial charge in [0.05, 0.1) is 6.07 Å². The normalized spacial score (nSPS) is 14.2. The van der Waals surface area contributed by atoms with Crippen molar-refractivity contribution < 1.29 is 4.79 Å². The number of hydrogen-bond acceptors (Lipinski definition) is 2. The van der Waals surface area contributed by atoms with Crippen LogP contribution >= 0.6 is 11.6 Å². The standard InChI is InChI=1S/C10H8ClNO/c1-8(13)10(11,7-12)9-5-3-2-4-6-9/h2-6H,1H3/t10-/m0/s1. The van der Waals surface area contributed by atoms with Crippen LogP contribution in [0.3, 0.4) is 0 Å². The summed E-state index contributed by atoms with van der Waals surface area (Å²) in [5.74, 6) is -0.358. The second kappa shape index (κ2) is 3.59. The molecule has 1 aromatic rings. The van der Waals surface area contributed by atoms with Gasteiger partial charge in [-0.15, -0.1) is 0 Å². The molecule has 0 aliphatic heterocycles. The van der Waals surface area contributed by atoms with E-state index in [9.17, 15) is 4.79 Å². The highest BCUT2D eigenvalue weighted by molar-refractivity contribution is 6.36. The highest BCUT2D eigenvalue weighted by Gasteiger charge is 2.34. The molecule has 0 amide bonds. The lowest BCUT2D eigenvalue weighted by Crippen LogP contribution is -2.25. The fourth-order valence-corrected chi connectivity index (χ4v) is 1.14. The summed E-state index contributed by atoms with van der Waals surface area (Å²) in [6.07, 6.45) is 0. The summed E-state index contributed by atoms with van der Waals surface area (Å²) in [6, 6.07) is 10.4. The topological polar surface area (TPSA) is 40.9 Å². The summed E-state index contributed by atoms with van der Waals surface area (Å²) >= 11 is 5.87. The van der Waals surface area contributed by atoms with Gasteiger partial charge in [-0.1, -0.05) is 41.9 Å². The second-order valence-corrected chi connectivity index (χ2v) is 3.26. The number of rotatable bonds is 2. The Bertz CT molecular complexity index is 355. The molecule has 0 aromatic heterocycles. The Morgan fingerprint density at radius 2 is 2.00 bits per heavy atom. The van der Waals surface area contributed by atoms with Crippen molar-refractivity contribution in [2.24, 2.45) is 0 Å². The number of nitriles is 1. The van der Waals surface area contributed by atoms with Crippen LogP contribution in [0.15, 0.2) is 30.3 Å². The van der Waals surface area contributed by atoms with E-state index in [4.69, 9.17) is 16.9 Å². The molecule has 0 heterocycles. The molecule has 0 aliphatic rings. The number of nitrogens with zero attached hydrogens (tertiary/aromatic N) is 1. The molecular weight excluding hydrogens is 186 g/mol. The van der Waals surface area contributed by atoms with E-state index < -0.39 is 4.87 Å². The lowest BCUT2D eigenvalue weighted by atomic mass is 9.96. The number of Topliss-reactive ketones (excluding diaryl/α,β-unsaturated/α-hetero) is 1. The van der Waals surface area contributed by atoms with Crippen LogP contribution in [0.4, 0.5) is 0 Å². The van der Waals surface area contributed by atoms with Crippen molar-refractivity contribution in [1.29, 1.82) is 5.26 Å². The Hall–Kier alpha value is -1.33. The van der Waals surface area contributed by atoms with Crippen LogP contribution in [0, 0.1) is 11.3 Å². The van der Waals surface area contributed by atoms with Crippen molar-refractivity contribution in [3.05, 3.63) is 35.9 Å². The molecule has 0 aliphatic carbocycles. The Balaban J connectivity index is 3.21. The monoisotopic (exact) mass is 193 g/mol. The Kier molecular flexibility index (Phi) is 2.69. The van der Waals surface area contributed by atoms with Crippen molar-refractivity contribution in [2.45, 2.75) is 11.8 Å². The van der Waals surface area contributed by atoms with Crippen molar-refractivity contribution in [1.82, 2.24) is 0 Å². The number of carbonyl (C=O) groups excluding carboxylic acids is 1.